The zero-order valence-electron chi connectivity index (χ0n) is 8.14. The Labute approximate surface area is 94.7 Å². The first-order valence-corrected chi connectivity index (χ1v) is 4.80. The second-order valence-corrected chi connectivity index (χ2v) is 3.53. The third kappa shape index (κ3) is 1.66. The second-order valence-electron chi connectivity index (χ2n) is 3.53. The minimum absolute atomic E-state index is 0. The average Bonchev–Trinajstić information content (AvgIpc) is 2.85. The molecular formula is C12H12ClNO. The number of benzene rings is 1. The van der Waals surface area contributed by atoms with Crippen molar-refractivity contribution in [3.05, 3.63) is 59.5 Å². The van der Waals surface area contributed by atoms with Crippen LogP contribution in [0.25, 0.3) is 0 Å². The van der Waals surface area contributed by atoms with Crippen molar-refractivity contribution in [2.45, 2.75) is 12.6 Å². The molecular weight excluding hydrogens is 210 g/mol. The lowest BCUT2D eigenvalue weighted by Gasteiger charge is -2.07. The Kier molecular flexibility index (Phi) is 2.80. The molecule has 2 heterocycles. The highest BCUT2D eigenvalue weighted by molar-refractivity contribution is 5.85. The molecule has 3 heteroatoms. The van der Waals surface area contributed by atoms with E-state index in [4.69, 9.17) is 4.42 Å². The number of nitrogens with one attached hydrogen (secondary N) is 1. The molecule has 3 rings (SSSR count). The summed E-state index contributed by atoms with van der Waals surface area (Å²) in [4.78, 5) is 0. The fourth-order valence-corrected chi connectivity index (χ4v) is 2.01. The number of fused-ring (bicyclic) bond motifs is 1. The SMILES string of the molecule is Cl.c1coc(C2NCc3ccccc32)c1. The van der Waals surface area contributed by atoms with E-state index in [-0.39, 0.29) is 18.4 Å². The van der Waals surface area contributed by atoms with Gasteiger partial charge in [-0.25, -0.2) is 0 Å². The maximum atomic E-state index is 5.41. The zero-order chi connectivity index (χ0) is 9.38. The molecule has 0 bridgehead atoms. The molecule has 0 aliphatic carbocycles. The van der Waals surface area contributed by atoms with Gasteiger partial charge in [0.25, 0.3) is 0 Å². The molecule has 1 aliphatic rings. The lowest BCUT2D eigenvalue weighted by Crippen LogP contribution is -2.12. The van der Waals surface area contributed by atoms with Gasteiger partial charge in [0.15, 0.2) is 0 Å². The Hall–Kier alpha value is -1.25. The summed E-state index contributed by atoms with van der Waals surface area (Å²) in [5, 5.41) is 3.43. The average molecular weight is 222 g/mol. The molecule has 0 amide bonds. The van der Waals surface area contributed by atoms with E-state index in [1.165, 1.54) is 11.1 Å². The number of hydrogen-bond acceptors (Lipinski definition) is 2. The normalized spacial score (nSPS) is 18.3. The van der Waals surface area contributed by atoms with Gasteiger partial charge in [-0.1, -0.05) is 24.3 Å². The summed E-state index contributed by atoms with van der Waals surface area (Å²) in [6.07, 6.45) is 1.72. The van der Waals surface area contributed by atoms with Crippen LogP contribution in [-0.2, 0) is 6.54 Å². The highest BCUT2D eigenvalue weighted by Crippen LogP contribution is 2.30. The summed E-state index contributed by atoms with van der Waals surface area (Å²) in [5.74, 6) is 0.995. The summed E-state index contributed by atoms with van der Waals surface area (Å²) in [6.45, 7) is 0.932. The van der Waals surface area contributed by atoms with Gasteiger partial charge in [0.05, 0.1) is 12.3 Å². The van der Waals surface area contributed by atoms with Crippen LogP contribution in [0, 0.1) is 0 Å². The maximum Gasteiger partial charge on any atom is 0.125 e. The third-order valence-corrected chi connectivity index (χ3v) is 2.69. The van der Waals surface area contributed by atoms with Gasteiger partial charge in [-0.15, -0.1) is 12.4 Å². The number of rotatable bonds is 1. The second kappa shape index (κ2) is 4.09. The first-order valence-electron chi connectivity index (χ1n) is 4.80. The zero-order valence-corrected chi connectivity index (χ0v) is 8.96. The maximum absolute atomic E-state index is 5.41. The van der Waals surface area contributed by atoms with E-state index < -0.39 is 0 Å². The number of furan rings is 1. The summed E-state index contributed by atoms with van der Waals surface area (Å²) < 4.78 is 5.41. The quantitative estimate of drug-likeness (QED) is 0.801. The molecule has 0 spiro atoms. The first-order chi connectivity index (χ1) is 6.95. The van der Waals surface area contributed by atoms with Crippen molar-refractivity contribution < 1.29 is 4.42 Å². The lowest BCUT2D eigenvalue weighted by molar-refractivity contribution is 0.462. The van der Waals surface area contributed by atoms with Crippen molar-refractivity contribution >= 4 is 12.4 Å². The van der Waals surface area contributed by atoms with Gasteiger partial charge < -0.3 is 4.42 Å². The van der Waals surface area contributed by atoms with E-state index in [0.717, 1.165) is 12.3 Å². The van der Waals surface area contributed by atoms with Gasteiger partial charge in [-0.2, -0.15) is 0 Å². The van der Waals surface area contributed by atoms with E-state index in [0.29, 0.717) is 0 Å². The van der Waals surface area contributed by atoms with Crippen molar-refractivity contribution in [2.24, 2.45) is 0 Å². The van der Waals surface area contributed by atoms with E-state index in [1.807, 2.05) is 12.1 Å². The van der Waals surface area contributed by atoms with Gasteiger partial charge >= 0.3 is 0 Å². The topological polar surface area (TPSA) is 25.2 Å². The molecule has 1 unspecified atom stereocenters. The highest BCUT2D eigenvalue weighted by Gasteiger charge is 2.24. The van der Waals surface area contributed by atoms with E-state index in [2.05, 4.69) is 29.6 Å². The highest BCUT2D eigenvalue weighted by atomic mass is 35.5. The monoisotopic (exact) mass is 221 g/mol. The molecule has 1 aliphatic heterocycles. The molecule has 0 radical (unpaired) electrons. The molecule has 2 aromatic rings. The fraction of sp³-hybridized carbons (Fsp3) is 0.167. The minimum Gasteiger partial charge on any atom is -0.467 e. The molecule has 0 saturated heterocycles. The van der Waals surface area contributed by atoms with Gasteiger partial charge in [0, 0.05) is 6.54 Å². The molecule has 78 valence electrons. The lowest BCUT2D eigenvalue weighted by atomic mass is 10.0. The smallest absolute Gasteiger partial charge is 0.125 e. The summed E-state index contributed by atoms with van der Waals surface area (Å²) in [7, 11) is 0. The van der Waals surface area contributed by atoms with Gasteiger partial charge in [0.1, 0.15) is 5.76 Å². The molecule has 1 N–H and O–H groups in total. The van der Waals surface area contributed by atoms with Crippen molar-refractivity contribution in [1.82, 2.24) is 5.32 Å². The van der Waals surface area contributed by atoms with E-state index in [1.54, 1.807) is 6.26 Å². The Bertz CT molecular complexity index is 439. The molecule has 0 saturated carbocycles. The molecule has 0 fully saturated rings. The van der Waals surface area contributed by atoms with Crippen LogP contribution in [0.1, 0.15) is 22.9 Å². The van der Waals surface area contributed by atoms with Gasteiger partial charge in [-0.3, -0.25) is 5.32 Å². The van der Waals surface area contributed by atoms with Crippen molar-refractivity contribution in [2.75, 3.05) is 0 Å². The molecule has 1 aromatic heterocycles. The Balaban J connectivity index is 0.000000853. The summed E-state index contributed by atoms with van der Waals surface area (Å²) in [6, 6.07) is 12.6. The fourth-order valence-electron chi connectivity index (χ4n) is 2.01. The van der Waals surface area contributed by atoms with Crippen LogP contribution in [0.5, 0.6) is 0 Å². The molecule has 1 aromatic carbocycles. The van der Waals surface area contributed by atoms with Crippen molar-refractivity contribution in [1.29, 1.82) is 0 Å². The summed E-state index contributed by atoms with van der Waals surface area (Å²) >= 11 is 0. The molecule has 1 atom stereocenters. The van der Waals surface area contributed by atoms with Crippen LogP contribution >= 0.6 is 12.4 Å². The first kappa shape index (κ1) is 10.3. The Morgan fingerprint density at radius 2 is 2.00 bits per heavy atom. The standard InChI is InChI=1S/C12H11NO.ClH/c1-2-5-10-9(4-1)8-13-12(10)11-6-3-7-14-11;/h1-7,12-13H,8H2;1H. The Morgan fingerprint density at radius 3 is 2.80 bits per heavy atom. The molecule has 15 heavy (non-hydrogen) atoms. The number of halogens is 1. The number of hydrogen-bond donors (Lipinski definition) is 1. The van der Waals surface area contributed by atoms with E-state index >= 15 is 0 Å². The third-order valence-electron chi connectivity index (χ3n) is 2.69. The van der Waals surface area contributed by atoms with Crippen molar-refractivity contribution in [3.63, 3.8) is 0 Å². The van der Waals surface area contributed by atoms with E-state index in [9.17, 15) is 0 Å². The minimum atomic E-state index is 0. The largest absolute Gasteiger partial charge is 0.467 e. The van der Waals surface area contributed by atoms with Gasteiger partial charge in [-0.05, 0) is 23.3 Å². The predicted molar refractivity (Wildman–Crippen MR) is 61.1 cm³/mol. The van der Waals surface area contributed by atoms with Crippen LogP contribution in [0.4, 0.5) is 0 Å². The predicted octanol–water partition coefficient (Wildman–Crippen LogP) is 2.89. The van der Waals surface area contributed by atoms with Crippen LogP contribution in [-0.4, -0.2) is 0 Å². The van der Waals surface area contributed by atoms with Crippen LogP contribution < -0.4 is 5.32 Å². The van der Waals surface area contributed by atoms with Gasteiger partial charge in [0.2, 0.25) is 0 Å². The molecule has 2 nitrogen and oxygen atoms in total. The Morgan fingerprint density at radius 1 is 1.13 bits per heavy atom. The van der Waals surface area contributed by atoms with Crippen LogP contribution in [0.15, 0.2) is 47.1 Å². The van der Waals surface area contributed by atoms with Crippen LogP contribution in [0.2, 0.25) is 0 Å². The van der Waals surface area contributed by atoms with Crippen molar-refractivity contribution in [3.8, 4) is 0 Å². The van der Waals surface area contributed by atoms with Crippen LogP contribution in [0.3, 0.4) is 0 Å². The summed E-state index contributed by atoms with van der Waals surface area (Å²) in [5.41, 5.74) is 2.70.